The van der Waals surface area contributed by atoms with Crippen LogP contribution >= 0.6 is 0 Å². The molecule has 2 aromatic carbocycles. The molecule has 0 amide bonds. The van der Waals surface area contributed by atoms with Gasteiger partial charge in [0.15, 0.2) is 17.3 Å². The number of allylic oxidation sites excluding steroid dienone is 1. The number of hydrogen-bond acceptors (Lipinski definition) is 4. The Balaban J connectivity index is 1.85. The minimum absolute atomic E-state index is 0.0107. The van der Waals surface area contributed by atoms with Gasteiger partial charge >= 0.3 is 0 Å². The Hall–Kier alpha value is -2.75. The summed E-state index contributed by atoms with van der Waals surface area (Å²) in [7, 11) is 4.70. The highest BCUT2D eigenvalue weighted by Gasteiger charge is 2.14. The zero-order valence-corrected chi connectivity index (χ0v) is 14.8. The highest BCUT2D eigenvalue weighted by Crippen LogP contribution is 2.38. The average Bonchev–Trinajstić information content (AvgIpc) is 3.12. The smallest absolute Gasteiger partial charge is 0.203 e. The van der Waals surface area contributed by atoms with Crippen molar-refractivity contribution in [1.29, 1.82) is 0 Å². The van der Waals surface area contributed by atoms with Crippen LogP contribution in [0.25, 0.3) is 6.08 Å². The maximum absolute atomic E-state index is 12.5. The number of benzene rings is 2. The van der Waals surface area contributed by atoms with Gasteiger partial charge in [-0.15, -0.1) is 0 Å². The first kappa shape index (κ1) is 17.1. The Labute approximate surface area is 148 Å². The molecule has 4 nitrogen and oxygen atoms in total. The summed E-state index contributed by atoms with van der Waals surface area (Å²) in [6.45, 7) is 0. The predicted molar refractivity (Wildman–Crippen MR) is 97.9 cm³/mol. The summed E-state index contributed by atoms with van der Waals surface area (Å²) in [6.07, 6.45) is 6.70. The lowest BCUT2D eigenvalue weighted by atomic mass is 10.0. The van der Waals surface area contributed by atoms with Crippen molar-refractivity contribution < 1.29 is 19.0 Å². The van der Waals surface area contributed by atoms with Crippen LogP contribution in [-0.4, -0.2) is 27.1 Å². The van der Waals surface area contributed by atoms with Gasteiger partial charge in [-0.2, -0.15) is 0 Å². The Kier molecular flexibility index (Phi) is 5.08. The second-order valence-electron chi connectivity index (χ2n) is 5.99. The number of hydrogen-bond donors (Lipinski definition) is 0. The SMILES string of the molecule is COc1cc(/C=C/C(=O)c2ccc3c(c2)CCC3)cc(OC)c1OC. The van der Waals surface area contributed by atoms with E-state index in [-0.39, 0.29) is 5.78 Å². The monoisotopic (exact) mass is 338 g/mol. The summed E-state index contributed by atoms with van der Waals surface area (Å²) in [6, 6.07) is 9.63. The third-order valence-corrected chi connectivity index (χ3v) is 4.50. The molecular weight excluding hydrogens is 316 g/mol. The van der Waals surface area contributed by atoms with Gasteiger partial charge in [0.1, 0.15) is 0 Å². The van der Waals surface area contributed by atoms with Crippen molar-refractivity contribution in [3.05, 3.63) is 58.7 Å². The van der Waals surface area contributed by atoms with Gasteiger partial charge in [-0.3, -0.25) is 4.79 Å². The number of carbonyl (C=O) groups excluding carboxylic acids is 1. The Bertz CT molecular complexity index is 796. The first-order valence-electron chi connectivity index (χ1n) is 8.30. The number of rotatable bonds is 6. The molecular formula is C21H22O4. The fourth-order valence-electron chi connectivity index (χ4n) is 3.19. The van der Waals surface area contributed by atoms with Gasteiger partial charge in [-0.05, 0) is 60.2 Å². The van der Waals surface area contributed by atoms with E-state index in [9.17, 15) is 4.79 Å². The normalized spacial score (nSPS) is 12.9. The molecule has 130 valence electrons. The van der Waals surface area contributed by atoms with Crippen LogP contribution in [0.5, 0.6) is 17.2 Å². The van der Waals surface area contributed by atoms with E-state index in [1.807, 2.05) is 24.3 Å². The molecule has 25 heavy (non-hydrogen) atoms. The number of fused-ring (bicyclic) bond motifs is 1. The van der Waals surface area contributed by atoms with Crippen molar-refractivity contribution in [3.63, 3.8) is 0 Å². The van der Waals surface area contributed by atoms with Gasteiger partial charge in [0.2, 0.25) is 5.75 Å². The largest absolute Gasteiger partial charge is 0.493 e. The molecule has 0 aliphatic heterocycles. The van der Waals surface area contributed by atoms with Crippen molar-refractivity contribution in [2.45, 2.75) is 19.3 Å². The van der Waals surface area contributed by atoms with Gasteiger partial charge in [-0.1, -0.05) is 18.2 Å². The van der Waals surface area contributed by atoms with E-state index < -0.39 is 0 Å². The highest BCUT2D eigenvalue weighted by molar-refractivity contribution is 6.07. The van der Waals surface area contributed by atoms with Crippen LogP contribution < -0.4 is 14.2 Å². The van der Waals surface area contributed by atoms with Crippen molar-refractivity contribution >= 4 is 11.9 Å². The lowest BCUT2D eigenvalue weighted by Crippen LogP contribution is -1.97. The molecule has 0 atom stereocenters. The molecule has 4 heteroatoms. The number of ether oxygens (including phenoxy) is 3. The third kappa shape index (κ3) is 3.53. The molecule has 0 aromatic heterocycles. The maximum Gasteiger partial charge on any atom is 0.203 e. The van der Waals surface area contributed by atoms with Crippen LogP contribution in [0.2, 0.25) is 0 Å². The molecule has 0 spiro atoms. The number of carbonyl (C=O) groups is 1. The van der Waals surface area contributed by atoms with E-state index in [0.717, 1.165) is 24.0 Å². The van der Waals surface area contributed by atoms with Crippen LogP contribution in [0.1, 0.15) is 33.5 Å². The van der Waals surface area contributed by atoms with Gasteiger partial charge in [0.25, 0.3) is 0 Å². The summed E-state index contributed by atoms with van der Waals surface area (Å²) in [5.74, 6) is 1.65. The zero-order valence-electron chi connectivity index (χ0n) is 14.8. The minimum atomic E-state index is -0.0107. The van der Waals surface area contributed by atoms with Gasteiger partial charge in [0, 0.05) is 5.56 Å². The quantitative estimate of drug-likeness (QED) is 0.588. The highest BCUT2D eigenvalue weighted by atomic mass is 16.5. The minimum Gasteiger partial charge on any atom is -0.493 e. The molecule has 0 saturated carbocycles. The molecule has 0 heterocycles. The lowest BCUT2D eigenvalue weighted by Gasteiger charge is -2.12. The van der Waals surface area contributed by atoms with E-state index in [4.69, 9.17) is 14.2 Å². The summed E-state index contributed by atoms with van der Waals surface area (Å²) in [5, 5.41) is 0. The summed E-state index contributed by atoms with van der Waals surface area (Å²) in [5.41, 5.74) is 4.20. The van der Waals surface area contributed by atoms with E-state index in [2.05, 4.69) is 6.07 Å². The van der Waals surface area contributed by atoms with Crippen LogP contribution in [0.3, 0.4) is 0 Å². The summed E-state index contributed by atoms with van der Waals surface area (Å²) >= 11 is 0. The second-order valence-corrected chi connectivity index (χ2v) is 5.99. The molecule has 0 bridgehead atoms. The first-order valence-corrected chi connectivity index (χ1v) is 8.30. The Morgan fingerprint density at radius 3 is 2.24 bits per heavy atom. The summed E-state index contributed by atoms with van der Waals surface area (Å²) in [4.78, 5) is 12.5. The average molecular weight is 338 g/mol. The van der Waals surface area contributed by atoms with Crippen LogP contribution in [0.4, 0.5) is 0 Å². The van der Waals surface area contributed by atoms with Gasteiger partial charge in [0.05, 0.1) is 21.3 Å². The standard InChI is InChI=1S/C21H22O4/c1-23-19-11-14(12-20(24-2)21(19)25-3)7-10-18(22)17-9-8-15-5-4-6-16(15)13-17/h7-13H,4-6H2,1-3H3/b10-7+. The summed E-state index contributed by atoms with van der Waals surface area (Å²) < 4.78 is 16.0. The van der Waals surface area contributed by atoms with E-state index >= 15 is 0 Å². The number of methoxy groups -OCH3 is 3. The van der Waals surface area contributed by atoms with Gasteiger partial charge in [-0.25, -0.2) is 0 Å². The molecule has 0 unspecified atom stereocenters. The van der Waals surface area contributed by atoms with E-state index in [0.29, 0.717) is 17.2 Å². The number of ketones is 1. The molecule has 0 radical (unpaired) electrons. The third-order valence-electron chi connectivity index (χ3n) is 4.50. The molecule has 0 saturated heterocycles. The van der Waals surface area contributed by atoms with Crippen molar-refractivity contribution in [3.8, 4) is 17.2 Å². The lowest BCUT2D eigenvalue weighted by molar-refractivity contribution is 0.104. The Morgan fingerprint density at radius 2 is 1.60 bits per heavy atom. The topological polar surface area (TPSA) is 44.8 Å². The van der Waals surface area contributed by atoms with Crippen molar-refractivity contribution in [1.82, 2.24) is 0 Å². The maximum atomic E-state index is 12.5. The van der Waals surface area contributed by atoms with E-state index in [1.165, 1.54) is 17.5 Å². The molecule has 1 aliphatic rings. The van der Waals surface area contributed by atoms with Gasteiger partial charge < -0.3 is 14.2 Å². The molecule has 2 aromatic rings. The molecule has 3 rings (SSSR count). The fourth-order valence-corrected chi connectivity index (χ4v) is 3.19. The molecule has 0 N–H and O–H groups in total. The molecule has 1 aliphatic carbocycles. The van der Waals surface area contributed by atoms with E-state index in [1.54, 1.807) is 33.5 Å². The van der Waals surface area contributed by atoms with Crippen LogP contribution in [0.15, 0.2) is 36.4 Å². The zero-order chi connectivity index (χ0) is 17.8. The van der Waals surface area contributed by atoms with Crippen molar-refractivity contribution in [2.24, 2.45) is 0 Å². The first-order chi connectivity index (χ1) is 12.2. The molecule has 0 fully saturated rings. The predicted octanol–water partition coefficient (Wildman–Crippen LogP) is 4.10. The Morgan fingerprint density at radius 1 is 0.920 bits per heavy atom. The number of aryl methyl sites for hydroxylation is 2. The van der Waals surface area contributed by atoms with Crippen molar-refractivity contribution in [2.75, 3.05) is 21.3 Å². The van der Waals surface area contributed by atoms with Crippen LogP contribution in [-0.2, 0) is 12.8 Å². The van der Waals surface area contributed by atoms with Crippen LogP contribution in [0, 0.1) is 0 Å². The second kappa shape index (κ2) is 7.43. The fraction of sp³-hybridized carbons (Fsp3) is 0.286.